The van der Waals surface area contributed by atoms with Crippen molar-refractivity contribution in [1.29, 1.82) is 0 Å². The Bertz CT molecular complexity index is 484. The van der Waals surface area contributed by atoms with E-state index in [1.54, 1.807) is 13.8 Å². The fraction of sp³-hybridized carbons (Fsp3) is 0.467. The zero-order valence-corrected chi connectivity index (χ0v) is 11.3. The molecule has 1 aliphatic heterocycles. The van der Waals surface area contributed by atoms with Gasteiger partial charge in [-0.1, -0.05) is 25.1 Å². The molecule has 1 aromatic carbocycles. The molecule has 102 valence electrons. The zero-order chi connectivity index (χ0) is 13.8. The van der Waals surface area contributed by atoms with Crippen LogP contribution in [0.15, 0.2) is 24.3 Å². The maximum absolute atomic E-state index is 12.3. The van der Waals surface area contributed by atoms with E-state index in [2.05, 4.69) is 5.32 Å². The van der Waals surface area contributed by atoms with E-state index >= 15 is 0 Å². The summed E-state index contributed by atoms with van der Waals surface area (Å²) < 4.78 is 5.53. The number of ether oxygens (including phenoxy) is 1. The molecule has 2 rings (SSSR count). The molecule has 4 heteroatoms. The van der Waals surface area contributed by atoms with Crippen LogP contribution in [0, 0.1) is 0 Å². The van der Waals surface area contributed by atoms with Crippen molar-refractivity contribution in [3.63, 3.8) is 0 Å². The molecular weight excluding hydrogens is 242 g/mol. The van der Waals surface area contributed by atoms with Crippen molar-refractivity contribution >= 4 is 11.7 Å². The second-order valence-electron chi connectivity index (χ2n) is 4.78. The quantitative estimate of drug-likeness (QED) is 0.902. The molecular formula is C15H19NO3. The van der Waals surface area contributed by atoms with Crippen LogP contribution in [-0.4, -0.2) is 24.3 Å². The predicted molar refractivity (Wildman–Crippen MR) is 72.2 cm³/mol. The lowest BCUT2D eigenvalue weighted by molar-refractivity contribution is -0.128. The molecule has 1 N–H and O–H groups in total. The predicted octanol–water partition coefficient (Wildman–Crippen LogP) is 2.04. The number of ketones is 1. The normalized spacial score (nSPS) is 18.9. The molecule has 0 radical (unpaired) electrons. The average Bonchev–Trinajstić information content (AvgIpc) is 2.45. The van der Waals surface area contributed by atoms with Gasteiger partial charge in [0.05, 0.1) is 18.6 Å². The van der Waals surface area contributed by atoms with Crippen molar-refractivity contribution in [2.24, 2.45) is 0 Å². The van der Waals surface area contributed by atoms with Crippen LogP contribution in [0.25, 0.3) is 0 Å². The summed E-state index contributed by atoms with van der Waals surface area (Å²) in [6, 6.07) is 7.14. The second kappa shape index (κ2) is 5.87. The number of fused-ring (bicyclic) bond motifs is 1. The summed E-state index contributed by atoms with van der Waals surface area (Å²) >= 11 is 0. The lowest BCUT2D eigenvalue weighted by Crippen LogP contribution is -2.41. The third kappa shape index (κ3) is 2.95. The Morgan fingerprint density at radius 3 is 2.89 bits per heavy atom. The van der Waals surface area contributed by atoms with Gasteiger partial charge in [0.2, 0.25) is 5.91 Å². The molecule has 0 spiro atoms. The molecule has 4 nitrogen and oxygen atoms in total. The van der Waals surface area contributed by atoms with E-state index in [4.69, 9.17) is 4.74 Å². The Morgan fingerprint density at radius 1 is 1.42 bits per heavy atom. The van der Waals surface area contributed by atoms with E-state index in [-0.39, 0.29) is 17.6 Å². The molecule has 2 unspecified atom stereocenters. The van der Waals surface area contributed by atoms with Crippen molar-refractivity contribution < 1.29 is 14.3 Å². The van der Waals surface area contributed by atoms with Gasteiger partial charge in [-0.2, -0.15) is 0 Å². The van der Waals surface area contributed by atoms with E-state index in [9.17, 15) is 9.59 Å². The Hall–Kier alpha value is -1.84. The fourth-order valence-electron chi connectivity index (χ4n) is 2.32. The van der Waals surface area contributed by atoms with E-state index in [0.29, 0.717) is 19.4 Å². The van der Waals surface area contributed by atoms with Crippen LogP contribution < -0.4 is 10.1 Å². The third-order valence-electron chi connectivity index (χ3n) is 3.47. The third-order valence-corrected chi connectivity index (χ3v) is 3.47. The first-order chi connectivity index (χ1) is 9.13. The molecule has 1 aromatic rings. The summed E-state index contributed by atoms with van der Waals surface area (Å²) in [7, 11) is 0. The van der Waals surface area contributed by atoms with Gasteiger partial charge in [0.25, 0.3) is 0 Å². The fourth-order valence-corrected chi connectivity index (χ4v) is 2.32. The monoisotopic (exact) mass is 261 g/mol. The van der Waals surface area contributed by atoms with Crippen LogP contribution in [0.1, 0.15) is 38.2 Å². The van der Waals surface area contributed by atoms with E-state index in [1.807, 2.05) is 24.3 Å². The number of rotatable bonds is 4. The van der Waals surface area contributed by atoms with Crippen LogP contribution in [0.2, 0.25) is 0 Å². The van der Waals surface area contributed by atoms with Crippen LogP contribution in [-0.2, 0) is 9.59 Å². The number of Topliss-reactive ketones (excluding diaryl/α,β-unsaturated/α-hetero) is 1. The van der Waals surface area contributed by atoms with Gasteiger partial charge in [-0.15, -0.1) is 0 Å². The highest BCUT2D eigenvalue weighted by molar-refractivity contribution is 5.91. The highest BCUT2D eigenvalue weighted by Gasteiger charge is 2.28. The van der Waals surface area contributed by atoms with E-state index in [1.165, 1.54) is 0 Å². The molecule has 1 amide bonds. The van der Waals surface area contributed by atoms with Crippen molar-refractivity contribution in [2.75, 3.05) is 6.61 Å². The largest absolute Gasteiger partial charge is 0.493 e. The average molecular weight is 261 g/mol. The van der Waals surface area contributed by atoms with Crippen LogP contribution in [0.3, 0.4) is 0 Å². The maximum atomic E-state index is 12.3. The van der Waals surface area contributed by atoms with Gasteiger partial charge in [0, 0.05) is 12.0 Å². The summed E-state index contributed by atoms with van der Waals surface area (Å²) in [5, 5.41) is 2.80. The first kappa shape index (κ1) is 13.6. The van der Waals surface area contributed by atoms with Gasteiger partial charge >= 0.3 is 0 Å². The number of hydrogen-bond acceptors (Lipinski definition) is 3. The molecule has 19 heavy (non-hydrogen) atoms. The van der Waals surface area contributed by atoms with Crippen molar-refractivity contribution in [2.45, 2.75) is 38.6 Å². The minimum absolute atomic E-state index is 0.0497. The molecule has 2 atom stereocenters. The molecule has 0 saturated heterocycles. The van der Waals surface area contributed by atoms with Gasteiger partial charge in [0.15, 0.2) is 5.78 Å². The van der Waals surface area contributed by atoms with Crippen molar-refractivity contribution in [3.8, 4) is 5.75 Å². The SMILES string of the molecule is CCC(=O)C(C)NC(=O)C1CCOc2ccccc21. The summed E-state index contributed by atoms with van der Waals surface area (Å²) in [4.78, 5) is 23.8. The first-order valence-electron chi connectivity index (χ1n) is 6.68. The zero-order valence-electron chi connectivity index (χ0n) is 11.3. The first-order valence-corrected chi connectivity index (χ1v) is 6.68. The smallest absolute Gasteiger partial charge is 0.228 e. The molecule has 0 saturated carbocycles. The van der Waals surface area contributed by atoms with Gasteiger partial charge in [-0.25, -0.2) is 0 Å². The minimum Gasteiger partial charge on any atom is -0.493 e. The Morgan fingerprint density at radius 2 is 2.16 bits per heavy atom. The van der Waals surface area contributed by atoms with E-state index < -0.39 is 6.04 Å². The lowest BCUT2D eigenvalue weighted by atomic mass is 9.92. The second-order valence-corrected chi connectivity index (χ2v) is 4.78. The van der Waals surface area contributed by atoms with Crippen molar-refractivity contribution in [3.05, 3.63) is 29.8 Å². The molecule has 0 aromatic heterocycles. The molecule has 0 bridgehead atoms. The Kier molecular flexibility index (Phi) is 4.20. The summed E-state index contributed by atoms with van der Waals surface area (Å²) in [6.45, 7) is 4.06. The highest BCUT2D eigenvalue weighted by Crippen LogP contribution is 2.33. The molecule has 1 heterocycles. The summed E-state index contributed by atoms with van der Waals surface area (Å²) in [6.07, 6.45) is 1.09. The molecule has 0 aliphatic carbocycles. The van der Waals surface area contributed by atoms with Gasteiger partial charge in [-0.05, 0) is 19.4 Å². The number of hydrogen-bond donors (Lipinski definition) is 1. The minimum atomic E-state index is -0.424. The standard InChI is InChI=1S/C15H19NO3/c1-3-13(17)10(2)16-15(18)12-8-9-19-14-7-5-4-6-11(12)14/h4-7,10,12H,3,8-9H2,1-2H3,(H,16,18). The van der Waals surface area contributed by atoms with Crippen LogP contribution in [0.5, 0.6) is 5.75 Å². The number of carbonyl (C=O) groups is 2. The summed E-state index contributed by atoms with van der Waals surface area (Å²) in [5.41, 5.74) is 0.905. The number of benzene rings is 1. The highest BCUT2D eigenvalue weighted by atomic mass is 16.5. The molecule has 1 aliphatic rings. The molecule has 0 fully saturated rings. The van der Waals surface area contributed by atoms with Gasteiger partial charge in [0.1, 0.15) is 5.75 Å². The Balaban J connectivity index is 2.11. The maximum Gasteiger partial charge on any atom is 0.228 e. The number of amides is 1. The summed E-state index contributed by atoms with van der Waals surface area (Å²) in [5.74, 6) is 0.499. The van der Waals surface area contributed by atoms with E-state index in [0.717, 1.165) is 11.3 Å². The topological polar surface area (TPSA) is 55.4 Å². The van der Waals surface area contributed by atoms with Gasteiger partial charge < -0.3 is 10.1 Å². The van der Waals surface area contributed by atoms with Crippen LogP contribution >= 0.6 is 0 Å². The van der Waals surface area contributed by atoms with Crippen molar-refractivity contribution in [1.82, 2.24) is 5.32 Å². The van der Waals surface area contributed by atoms with Crippen LogP contribution in [0.4, 0.5) is 0 Å². The number of carbonyl (C=O) groups excluding carboxylic acids is 2. The number of nitrogens with one attached hydrogen (secondary N) is 1. The van der Waals surface area contributed by atoms with Gasteiger partial charge in [-0.3, -0.25) is 9.59 Å². The lowest BCUT2D eigenvalue weighted by Gasteiger charge is -2.26. The number of para-hydroxylation sites is 1. The Labute approximate surface area is 113 Å².